The average Bonchev–Trinajstić information content (AvgIpc) is 2.49. The number of rotatable bonds is 2. The lowest BCUT2D eigenvalue weighted by Crippen LogP contribution is -2.34. The van der Waals surface area contributed by atoms with Gasteiger partial charge in [0.2, 0.25) is 0 Å². The largest absolute Gasteiger partial charge is 0.330 e. The summed E-state index contributed by atoms with van der Waals surface area (Å²) in [4.78, 5) is 0. The molecule has 4 unspecified atom stereocenters. The summed E-state index contributed by atoms with van der Waals surface area (Å²) >= 11 is 0. The molecule has 4 atom stereocenters. The Kier molecular flexibility index (Phi) is 2.84. The fourth-order valence-corrected chi connectivity index (χ4v) is 2.91. The van der Waals surface area contributed by atoms with Crippen LogP contribution < -0.4 is 11.1 Å². The Morgan fingerprint density at radius 1 is 1.38 bits per heavy atom. The maximum Gasteiger partial charge on any atom is 0.101 e. The van der Waals surface area contributed by atoms with E-state index >= 15 is 0 Å². The zero-order chi connectivity index (χ0) is 9.26. The summed E-state index contributed by atoms with van der Waals surface area (Å²) in [6, 6.07) is 0.587. The van der Waals surface area contributed by atoms with Gasteiger partial charge in [-0.05, 0) is 50.6 Å². The van der Waals surface area contributed by atoms with Crippen molar-refractivity contribution in [3.05, 3.63) is 0 Å². The van der Waals surface area contributed by atoms with Crippen molar-refractivity contribution in [1.29, 1.82) is 0 Å². The van der Waals surface area contributed by atoms with E-state index < -0.39 is 6.17 Å². The molecule has 0 aromatic rings. The van der Waals surface area contributed by atoms with Crippen molar-refractivity contribution in [2.45, 2.75) is 37.9 Å². The second kappa shape index (κ2) is 3.93. The van der Waals surface area contributed by atoms with Crippen LogP contribution in [-0.4, -0.2) is 25.3 Å². The third kappa shape index (κ3) is 1.86. The third-order valence-electron chi connectivity index (χ3n) is 3.62. The lowest BCUT2D eigenvalue weighted by Gasteiger charge is -2.30. The standard InChI is InChI=1S/C10H19FN2/c11-8-1-2-10-9(5-8)7(3-4-12)6-13-10/h7-10,13H,1-6,12H2. The molecule has 3 N–H and O–H groups in total. The molecule has 76 valence electrons. The highest BCUT2D eigenvalue weighted by Gasteiger charge is 2.39. The molecular formula is C10H19FN2. The molecule has 1 saturated heterocycles. The van der Waals surface area contributed by atoms with E-state index in [0.29, 0.717) is 17.9 Å². The number of hydrogen-bond acceptors (Lipinski definition) is 2. The number of hydrogen-bond donors (Lipinski definition) is 2. The number of alkyl halides is 1. The lowest BCUT2D eigenvalue weighted by atomic mass is 9.78. The summed E-state index contributed by atoms with van der Waals surface area (Å²) in [6.45, 7) is 1.80. The summed E-state index contributed by atoms with van der Waals surface area (Å²) in [5.41, 5.74) is 5.54. The van der Waals surface area contributed by atoms with Gasteiger partial charge in [-0.15, -0.1) is 0 Å². The Labute approximate surface area is 79.1 Å². The molecule has 0 amide bonds. The first kappa shape index (κ1) is 9.41. The smallest absolute Gasteiger partial charge is 0.101 e. The lowest BCUT2D eigenvalue weighted by molar-refractivity contribution is 0.161. The van der Waals surface area contributed by atoms with Gasteiger partial charge in [-0.3, -0.25) is 0 Å². The summed E-state index contributed by atoms with van der Waals surface area (Å²) in [5, 5.41) is 3.49. The first-order valence-electron chi connectivity index (χ1n) is 5.38. The molecule has 1 saturated carbocycles. The van der Waals surface area contributed by atoms with Gasteiger partial charge >= 0.3 is 0 Å². The quantitative estimate of drug-likeness (QED) is 0.677. The van der Waals surface area contributed by atoms with Crippen molar-refractivity contribution in [1.82, 2.24) is 5.32 Å². The molecular weight excluding hydrogens is 167 g/mol. The van der Waals surface area contributed by atoms with Crippen LogP contribution in [0.3, 0.4) is 0 Å². The molecule has 1 aliphatic carbocycles. The molecule has 0 radical (unpaired) electrons. The van der Waals surface area contributed by atoms with Crippen molar-refractivity contribution < 1.29 is 4.39 Å². The fraction of sp³-hybridized carbons (Fsp3) is 1.00. The van der Waals surface area contributed by atoms with Gasteiger partial charge < -0.3 is 11.1 Å². The zero-order valence-electron chi connectivity index (χ0n) is 8.01. The average molecular weight is 186 g/mol. The van der Waals surface area contributed by atoms with Crippen molar-refractivity contribution in [3.8, 4) is 0 Å². The molecule has 13 heavy (non-hydrogen) atoms. The highest BCUT2D eigenvalue weighted by Crippen LogP contribution is 2.37. The van der Waals surface area contributed by atoms with Crippen LogP contribution in [0.5, 0.6) is 0 Å². The summed E-state index contributed by atoms with van der Waals surface area (Å²) in [5.74, 6) is 1.20. The van der Waals surface area contributed by atoms with Crippen LogP contribution in [0.2, 0.25) is 0 Å². The summed E-state index contributed by atoms with van der Waals surface area (Å²) < 4.78 is 13.2. The molecule has 0 aromatic heterocycles. The molecule has 0 spiro atoms. The van der Waals surface area contributed by atoms with E-state index in [-0.39, 0.29) is 0 Å². The minimum atomic E-state index is -0.554. The highest BCUT2D eigenvalue weighted by atomic mass is 19.1. The predicted molar refractivity (Wildman–Crippen MR) is 51.2 cm³/mol. The van der Waals surface area contributed by atoms with E-state index in [1.165, 1.54) is 0 Å². The predicted octanol–water partition coefficient (Wildman–Crippen LogP) is 1.06. The highest BCUT2D eigenvalue weighted by molar-refractivity contribution is 4.94. The van der Waals surface area contributed by atoms with Crippen LogP contribution in [0.1, 0.15) is 25.7 Å². The van der Waals surface area contributed by atoms with Crippen LogP contribution >= 0.6 is 0 Å². The van der Waals surface area contributed by atoms with E-state index in [2.05, 4.69) is 5.32 Å². The van der Waals surface area contributed by atoms with Crippen LogP contribution in [0.15, 0.2) is 0 Å². The van der Waals surface area contributed by atoms with Gasteiger partial charge in [0.25, 0.3) is 0 Å². The monoisotopic (exact) mass is 186 g/mol. The Hall–Kier alpha value is -0.150. The fourth-order valence-electron chi connectivity index (χ4n) is 2.91. The minimum absolute atomic E-state index is 0.554. The van der Waals surface area contributed by atoms with Gasteiger partial charge in [-0.2, -0.15) is 0 Å². The molecule has 3 heteroatoms. The van der Waals surface area contributed by atoms with E-state index in [4.69, 9.17) is 5.73 Å². The molecule has 2 rings (SSSR count). The molecule has 0 bridgehead atoms. The topological polar surface area (TPSA) is 38.0 Å². The number of halogens is 1. The van der Waals surface area contributed by atoms with Crippen molar-refractivity contribution in [2.75, 3.05) is 13.1 Å². The second-order valence-electron chi connectivity index (χ2n) is 4.43. The Morgan fingerprint density at radius 2 is 2.23 bits per heavy atom. The van der Waals surface area contributed by atoms with E-state index in [9.17, 15) is 4.39 Å². The van der Waals surface area contributed by atoms with Crippen LogP contribution in [-0.2, 0) is 0 Å². The Morgan fingerprint density at radius 3 is 3.00 bits per heavy atom. The number of nitrogens with one attached hydrogen (secondary N) is 1. The van der Waals surface area contributed by atoms with Crippen molar-refractivity contribution in [3.63, 3.8) is 0 Å². The summed E-state index contributed by atoms with van der Waals surface area (Å²) in [6.07, 6.45) is 3.04. The third-order valence-corrected chi connectivity index (χ3v) is 3.62. The van der Waals surface area contributed by atoms with Crippen molar-refractivity contribution in [2.24, 2.45) is 17.6 Å². The normalized spacial score (nSPS) is 44.8. The van der Waals surface area contributed by atoms with Crippen molar-refractivity contribution >= 4 is 0 Å². The maximum absolute atomic E-state index is 13.2. The minimum Gasteiger partial charge on any atom is -0.330 e. The van der Waals surface area contributed by atoms with E-state index in [1.54, 1.807) is 0 Å². The molecule has 0 aromatic carbocycles. The molecule has 2 nitrogen and oxygen atoms in total. The van der Waals surface area contributed by atoms with Gasteiger partial charge in [-0.1, -0.05) is 0 Å². The van der Waals surface area contributed by atoms with Crippen LogP contribution in [0.25, 0.3) is 0 Å². The van der Waals surface area contributed by atoms with Gasteiger partial charge in [-0.25, -0.2) is 4.39 Å². The van der Waals surface area contributed by atoms with E-state index in [0.717, 1.165) is 38.8 Å². The van der Waals surface area contributed by atoms with Gasteiger partial charge in [0.05, 0.1) is 0 Å². The maximum atomic E-state index is 13.2. The second-order valence-corrected chi connectivity index (χ2v) is 4.43. The van der Waals surface area contributed by atoms with E-state index in [1.807, 2.05) is 0 Å². The number of fused-ring (bicyclic) bond motifs is 1. The first-order chi connectivity index (χ1) is 6.31. The summed E-state index contributed by atoms with van der Waals surface area (Å²) in [7, 11) is 0. The molecule has 2 fully saturated rings. The Bertz CT molecular complexity index is 174. The molecule has 1 aliphatic heterocycles. The molecule has 1 heterocycles. The van der Waals surface area contributed by atoms with Crippen LogP contribution in [0, 0.1) is 11.8 Å². The Balaban J connectivity index is 1.94. The SMILES string of the molecule is NCCC1CNC2CCC(F)CC12. The molecule has 2 aliphatic rings. The van der Waals surface area contributed by atoms with Gasteiger partial charge in [0, 0.05) is 6.04 Å². The number of nitrogens with two attached hydrogens (primary N) is 1. The van der Waals surface area contributed by atoms with Crippen LogP contribution in [0.4, 0.5) is 4.39 Å². The zero-order valence-corrected chi connectivity index (χ0v) is 8.01. The van der Waals surface area contributed by atoms with Gasteiger partial charge in [0.1, 0.15) is 6.17 Å². The first-order valence-corrected chi connectivity index (χ1v) is 5.38. The van der Waals surface area contributed by atoms with Gasteiger partial charge in [0.15, 0.2) is 0 Å².